The van der Waals surface area contributed by atoms with Crippen molar-refractivity contribution in [2.75, 3.05) is 6.61 Å². The molecule has 0 radical (unpaired) electrons. The third-order valence-corrected chi connectivity index (χ3v) is 3.30. The molecule has 0 aliphatic heterocycles. The molecule has 3 N–H and O–H groups in total. The maximum Gasteiger partial charge on any atom is 0.414 e. The van der Waals surface area contributed by atoms with E-state index in [0.717, 1.165) is 0 Å². The van der Waals surface area contributed by atoms with Gasteiger partial charge in [-0.25, -0.2) is 9.59 Å². The third kappa shape index (κ3) is 5.59. The van der Waals surface area contributed by atoms with E-state index in [1.54, 1.807) is 27.7 Å². The van der Waals surface area contributed by atoms with Gasteiger partial charge in [-0.05, 0) is 24.5 Å². The van der Waals surface area contributed by atoms with Crippen LogP contribution < -0.4 is 10.6 Å². The average Bonchev–Trinajstić information content (AvgIpc) is 2.51. The van der Waals surface area contributed by atoms with Gasteiger partial charge in [-0.1, -0.05) is 32.9 Å². The van der Waals surface area contributed by atoms with E-state index < -0.39 is 35.3 Å². The van der Waals surface area contributed by atoms with Gasteiger partial charge in [0.15, 0.2) is 0 Å². The van der Waals surface area contributed by atoms with E-state index in [9.17, 15) is 24.3 Å². The summed E-state index contributed by atoms with van der Waals surface area (Å²) in [4.78, 5) is 47.4. The molecule has 8 heteroatoms. The Morgan fingerprint density at radius 1 is 1.08 bits per heavy atom. The van der Waals surface area contributed by atoms with Crippen molar-refractivity contribution >= 4 is 23.9 Å². The number of hydrogen-bond donors (Lipinski definition) is 3. The Bertz CT molecular complexity index is 678. The van der Waals surface area contributed by atoms with Gasteiger partial charge >= 0.3 is 12.1 Å². The Balaban J connectivity index is 3.06. The maximum absolute atomic E-state index is 12.5. The maximum atomic E-state index is 12.5. The summed E-state index contributed by atoms with van der Waals surface area (Å²) in [6, 6.07) is 4.63. The Morgan fingerprint density at radius 2 is 1.60 bits per heavy atom. The predicted octanol–water partition coefficient (Wildman–Crippen LogP) is 1.80. The van der Waals surface area contributed by atoms with Crippen molar-refractivity contribution in [2.24, 2.45) is 5.41 Å². The molecule has 0 bridgehead atoms. The molecule has 0 aliphatic carbocycles. The molecule has 1 aromatic carbocycles. The minimum Gasteiger partial charge on any atom is -0.480 e. The molecule has 8 nitrogen and oxygen atoms in total. The summed E-state index contributed by atoms with van der Waals surface area (Å²) in [6.45, 7) is 6.69. The molecule has 1 atom stereocenters. The lowest BCUT2D eigenvalue weighted by Crippen LogP contribution is -2.49. The van der Waals surface area contributed by atoms with E-state index in [4.69, 9.17) is 0 Å². The molecular formula is C17H22N2O6. The number of carbonyl (C=O) groups is 4. The van der Waals surface area contributed by atoms with Gasteiger partial charge in [0.2, 0.25) is 0 Å². The SMILES string of the molecule is CCOC(=O)NC(=O)c1ccccc1C(=O)N[C@H](C(=O)O)C(C)(C)C. The standard InChI is InChI=1S/C17H22N2O6/c1-5-25-16(24)19-14(21)11-9-7-6-8-10(11)13(20)18-12(15(22)23)17(2,3)4/h6-9,12H,5H2,1-4H3,(H,18,20)(H,22,23)(H,19,21,24)/t12-/m1/s1. The highest BCUT2D eigenvalue weighted by molar-refractivity contribution is 6.11. The first-order valence-electron chi connectivity index (χ1n) is 7.68. The number of amides is 3. The molecule has 0 fully saturated rings. The van der Waals surface area contributed by atoms with Crippen LogP contribution in [0.3, 0.4) is 0 Å². The van der Waals surface area contributed by atoms with Crippen molar-refractivity contribution in [1.29, 1.82) is 0 Å². The third-order valence-electron chi connectivity index (χ3n) is 3.30. The number of benzene rings is 1. The molecule has 1 rings (SSSR count). The topological polar surface area (TPSA) is 122 Å². The summed E-state index contributed by atoms with van der Waals surface area (Å²) in [5.74, 6) is -2.72. The molecule has 0 saturated heterocycles. The summed E-state index contributed by atoms with van der Waals surface area (Å²) in [7, 11) is 0. The van der Waals surface area contributed by atoms with Crippen LogP contribution in [0.2, 0.25) is 0 Å². The van der Waals surface area contributed by atoms with Gasteiger partial charge in [0, 0.05) is 0 Å². The summed E-state index contributed by atoms with van der Waals surface area (Å²) in [6.07, 6.45) is -0.930. The molecule has 0 aromatic heterocycles. The summed E-state index contributed by atoms with van der Waals surface area (Å²) < 4.78 is 4.63. The van der Waals surface area contributed by atoms with Crippen LogP contribution in [0.4, 0.5) is 4.79 Å². The number of alkyl carbamates (subject to hydrolysis) is 1. The molecule has 0 unspecified atom stereocenters. The molecule has 0 aliphatic rings. The number of rotatable bonds is 5. The van der Waals surface area contributed by atoms with Crippen LogP contribution in [-0.2, 0) is 9.53 Å². The van der Waals surface area contributed by atoms with Crippen molar-refractivity contribution in [3.05, 3.63) is 35.4 Å². The number of carboxylic acid groups (broad SMARTS) is 1. The largest absolute Gasteiger partial charge is 0.480 e. The van der Waals surface area contributed by atoms with Gasteiger partial charge in [0.25, 0.3) is 11.8 Å². The average molecular weight is 350 g/mol. The number of imide groups is 1. The minimum absolute atomic E-state index is 0.0419. The fraction of sp³-hybridized carbons (Fsp3) is 0.412. The number of hydrogen-bond acceptors (Lipinski definition) is 5. The second-order valence-electron chi connectivity index (χ2n) is 6.33. The van der Waals surface area contributed by atoms with Gasteiger partial charge in [-0.3, -0.25) is 14.9 Å². The number of carboxylic acids is 1. The number of nitrogens with one attached hydrogen (secondary N) is 2. The second-order valence-corrected chi connectivity index (χ2v) is 6.33. The first kappa shape index (κ1) is 20.1. The van der Waals surface area contributed by atoms with Gasteiger partial charge in [-0.2, -0.15) is 0 Å². The van der Waals surface area contributed by atoms with Crippen LogP contribution in [0.25, 0.3) is 0 Å². The van der Waals surface area contributed by atoms with Crippen molar-refractivity contribution in [3.63, 3.8) is 0 Å². The zero-order valence-electron chi connectivity index (χ0n) is 14.6. The fourth-order valence-corrected chi connectivity index (χ4v) is 2.06. The minimum atomic E-state index is -1.19. The summed E-state index contributed by atoms with van der Waals surface area (Å²) in [5, 5.41) is 13.7. The van der Waals surface area contributed by atoms with Gasteiger partial charge in [0.05, 0.1) is 17.7 Å². The lowest BCUT2D eigenvalue weighted by atomic mass is 9.86. The molecule has 136 valence electrons. The van der Waals surface area contributed by atoms with E-state index in [0.29, 0.717) is 0 Å². The zero-order chi connectivity index (χ0) is 19.2. The van der Waals surface area contributed by atoms with Crippen molar-refractivity contribution < 1.29 is 29.0 Å². The highest BCUT2D eigenvalue weighted by Gasteiger charge is 2.33. The van der Waals surface area contributed by atoms with E-state index in [2.05, 4.69) is 10.1 Å². The first-order chi connectivity index (χ1) is 11.6. The van der Waals surface area contributed by atoms with Crippen LogP contribution in [0.15, 0.2) is 24.3 Å². The Labute approximate surface area is 145 Å². The molecule has 3 amide bonds. The zero-order valence-corrected chi connectivity index (χ0v) is 14.6. The smallest absolute Gasteiger partial charge is 0.414 e. The van der Waals surface area contributed by atoms with E-state index in [-0.39, 0.29) is 17.7 Å². The van der Waals surface area contributed by atoms with Gasteiger partial charge in [-0.15, -0.1) is 0 Å². The second kappa shape index (κ2) is 8.27. The van der Waals surface area contributed by atoms with E-state index in [1.807, 2.05) is 5.32 Å². The summed E-state index contributed by atoms with van der Waals surface area (Å²) >= 11 is 0. The van der Waals surface area contributed by atoms with Gasteiger partial charge < -0.3 is 15.2 Å². The monoisotopic (exact) mass is 350 g/mol. The number of carbonyl (C=O) groups excluding carboxylic acids is 3. The van der Waals surface area contributed by atoms with E-state index in [1.165, 1.54) is 24.3 Å². The molecule has 0 saturated carbocycles. The molecule has 0 spiro atoms. The quantitative estimate of drug-likeness (QED) is 0.744. The highest BCUT2D eigenvalue weighted by atomic mass is 16.5. The first-order valence-corrected chi connectivity index (χ1v) is 7.68. The lowest BCUT2D eigenvalue weighted by molar-refractivity contribution is -0.142. The fourth-order valence-electron chi connectivity index (χ4n) is 2.06. The lowest BCUT2D eigenvalue weighted by Gasteiger charge is -2.28. The van der Waals surface area contributed by atoms with Crippen molar-refractivity contribution in [3.8, 4) is 0 Å². The van der Waals surface area contributed by atoms with Crippen LogP contribution in [0, 0.1) is 5.41 Å². The molecule has 0 heterocycles. The Morgan fingerprint density at radius 3 is 2.04 bits per heavy atom. The van der Waals surface area contributed by atoms with Crippen molar-refractivity contribution in [2.45, 2.75) is 33.7 Å². The van der Waals surface area contributed by atoms with E-state index >= 15 is 0 Å². The molecule has 25 heavy (non-hydrogen) atoms. The molecular weight excluding hydrogens is 328 g/mol. The normalized spacial score (nSPS) is 12.0. The van der Waals surface area contributed by atoms with Gasteiger partial charge in [0.1, 0.15) is 6.04 Å². The van der Waals surface area contributed by atoms with Crippen LogP contribution >= 0.6 is 0 Å². The highest BCUT2D eigenvalue weighted by Crippen LogP contribution is 2.20. The molecule has 1 aromatic rings. The number of aliphatic carboxylic acids is 1. The van der Waals surface area contributed by atoms with Crippen LogP contribution in [-0.4, -0.2) is 41.6 Å². The predicted molar refractivity (Wildman–Crippen MR) is 89.3 cm³/mol. The Kier molecular flexibility index (Phi) is 6.67. The Hall–Kier alpha value is -2.90. The van der Waals surface area contributed by atoms with Crippen molar-refractivity contribution in [1.82, 2.24) is 10.6 Å². The number of ether oxygens (including phenoxy) is 1. The summed E-state index contributed by atoms with van der Waals surface area (Å²) in [5.41, 5.74) is -0.838. The van der Waals surface area contributed by atoms with Crippen LogP contribution in [0.1, 0.15) is 48.4 Å². The van der Waals surface area contributed by atoms with Crippen LogP contribution in [0.5, 0.6) is 0 Å².